The molecule has 0 unspecified atom stereocenters. The first-order valence-electron chi connectivity index (χ1n) is 17.2. The number of hydrogen-bond donors (Lipinski definition) is 2. The minimum Gasteiger partial charge on any atom is -0.349 e. The summed E-state index contributed by atoms with van der Waals surface area (Å²) in [6.45, 7) is 0. The van der Waals surface area contributed by atoms with Crippen LogP contribution in [0.25, 0.3) is 61.3 Å². The molecule has 9 rings (SSSR count). The maximum atomic E-state index is 9.45. The number of nitrogens with one attached hydrogen (secondary N) is 2. The SMILES string of the molecule is N#Cc1ncc(-c2nc(Nc3ccccc3-c3ccccc3)c(Nc3ccccc3-c3ccccc3)c(-n3c4ccccc4c4ccccc43)n2)cn1. The molecule has 0 aliphatic rings. The minimum absolute atomic E-state index is 0.0716. The Bertz CT molecular complexity index is 2730. The average molecular weight is 683 g/mol. The third-order valence-corrected chi connectivity index (χ3v) is 9.23. The number of benzene rings is 6. The van der Waals surface area contributed by atoms with Crippen molar-refractivity contribution in [1.82, 2.24) is 24.5 Å². The van der Waals surface area contributed by atoms with Gasteiger partial charge in [0.2, 0.25) is 5.82 Å². The van der Waals surface area contributed by atoms with Gasteiger partial charge in [0.15, 0.2) is 17.5 Å². The molecule has 0 bridgehead atoms. The van der Waals surface area contributed by atoms with E-state index in [1.54, 1.807) is 12.4 Å². The van der Waals surface area contributed by atoms with E-state index < -0.39 is 0 Å². The van der Waals surface area contributed by atoms with Crippen LogP contribution in [-0.2, 0) is 0 Å². The van der Waals surface area contributed by atoms with Gasteiger partial charge in [-0.2, -0.15) is 5.26 Å². The molecule has 2 N–H and O–H groups in total. The van der Waals surface area contributed by atoms with Crippen molar-refractivity contribution in [3.63, 3.8) is 0 Å². The second kappa shape index (κ2) is 13.6. The van der Waals surface area contributed by atoms with E-state index in [0.29, 0.717) is 28.7 Å². The monoisotopic (exact) mass is 682 g/mol. The average Bonchev–Trinajstić information content (AvgIpc) is 3.57. The smallest absolute Gasteiger partial charge is 0.232 e. The van der Waals surface area contributed by atoms with E-state index in [-0.39, 0.29) is 5.82 Å². The topological polar surface area (TPSA) is 104 Å². The van der Waals surface area contributed by atoms with E-state index in [4.69, 9.17) is 9.97 Å². The largest absolute Gasteiger partial charge is 0.349 e. The molecule has 0 saturated heterocycles. The van der Waals surface area contributed by atoms with Crippen molar-refractivity contribution in [1.29, 1.82) is 5.26 Å². The Kier molecular flexibility index (Phi) is 8.04. The van der Waals surface area contributed by atoms with Crippen LogP contribution in [0.4, 0.5) is 22.9 Å². The van der Waals surface area contributed by atoms with Gasteiger partial charge in [0.05, 0.1) is 16.6 Å². The fraction of sp³-hybridized carbons (Fsp3) is 0. The molecule has 0 aliphatic carbocycles. The number of rotatable bonds is 8. The number of nitrogens with zero attached hydrogens (tertiary/aromatic N) is 6. The second-order valence-electron chi connectivity index (χ2n) is 12.4. The molecule has 250 valence electrons. The summed E-state index contributed by atoms with van der Waals surface area (Å²) in [7, 11) is 0. The van der Waals surface area contributed by atoms with Gasteiger partial charge >= 0.3 is 0 Å². The van der Waals surface area contributed by atoms with Crippen LogP contribution in [0.5, 0.6) is 0 Å². The molecule has 8 heteroatoms. The first kappa shape index (κ1) is 31.4. The Morgan fingerprint density at radius 1 is 0.491 bits per heavy atom. The number of para-hydroxylation sites is 4. The molecule has 0 aliphatic heterocycles. The number of aromatic nitrogens is 5. The summed E-state index contributed by atoms with van der Waals surface area (Å²) in [5, 5.41) is 19.2. The Morgan fingerprint density at radius 2 is 0.981 bits per heavy atom. The van der Waals surface area contributed by atoms with Gasteiger partial charge in [-0.25, -0.2) is 19.9 Å². The highest BCUT2D eigenvalue weighted by Gasteiger charge is 2.23. The van der Waals surface area contributed by atoms with Gasteiger partial charge in [-0.1, -0.05) is 133 Å². The van der Waals surface area contributed by atoms with E-state index in [9.17, 15) is 5.26 Å². The van der Waals surface area contributed by atoms with Crippen LogP contribution in [0, 0.1) is 11.3 Å². The van der Waals surface area contributed by atoms with Crippen molar-refractivity contribution in [3.05, 3.63) is 176 Å². The molecule has 6 aromatic carbocycles. The minimum atomic E-state index is 0.0716. The Hall–Kier alpha value is -7.63. The first-order valence-corrected chi connectivity index (χ1v) is 17.2. The molecular weight excluding hydrogens is 653 g/mol. The molecule has 3 aromatic heterocycles. The summed E-state index contributed by atoms with van der Waals surface area (Å²) >= 11 is 0. The van der Waals surface area contributed by atoms with Gasteiger partial charge in [-0.15, -0.1) is 0 Å². The molecule has 0 saturated carbocycles. The lowest BCUT2D eigenvalue weighted by atomic mass is 10.0. The van der Waals surface area contributed by atoms with Crippen molar-refractivity contribution in [3.8, 4) is 45.5 Å². The fourth-order valence-electron chi connectivity index (χ4n) is 6.78. The molecule has 0 amide bonds. The van der Waals surface area contributed by atoms with Gasteiger partial charge in [0.1, 0.15) is 11.8 Å². The van der Waals surface area contributed by atoms with E-state index in [2.05, 4.69) is 110 Å². The van der Waals surface area contributed by atoms with E-state index >= 15 is 0 Å². The quantitative estimate of drug-likeness (QED) is 0.164. The van der Waals surface area contributed by atoms with E-state index in [0.717, 1.165) is 55.4 Å². The summed E-state index contributed by atoms with van der Waals surface area (Å²) in [5.41, 5.74) is 9.16. The molecule has 53 heavy (non-hydrogen) atoms. The molecular formula is C45H30N8. The standard InChI is InChI=1S/C45H30N8/c46-27-41-47-28-32(29-48-41)43-51-44(50-38-24-12-8-20-34(38)31-17-5-2-6-18-31)42(49-37-23-11-7-19-33(37)30-15-3-1-4-16-30)45(52-43)53-39-25-13-9-21-35(39)36-22-10-14-26-40(36)53/h1-26,28-29,49H,(H,50,51,52). The first-order chi connectivity index (χ1) is 26.2. The van der Waals surface area contributed by atoms with Crippen LogP contribution >= 0.6 is 0 Å². The van der Waals surface area contributed by atoms with Crippen LogP contribution in [0.3, 0.4) is 0 Å². The summed E-state index contributed by atoms with van der Waals surface area (Å²) in [6, 6.07) is 55.7. The third-order valence-electron chi connectivity index (χ3n) is 9.23. The third kappa shape index (κ3) is 5.88. The zero-order valence-corrected chi connectivity index (χ0v) is 28.3. The molecule has 8 nitrogen and oxygen atoms in total. The maximum Gasteiger partial charge on any atom is 0.232 e. The number of anilines is 4. The number of hydrogen-bond acceptors (Lipinski definition) is 7. The summed E-state index contributed by atoms with van der Waals surface area (Å²) in [6.07, 6.45) is 3.19. The van der Waals surface area contributed by atoms with Crippen molar-refractivity contribution in [2.24, 2.45) is 0 Å². The van der Waals surface area contributed by atoms with E-state index in [1.807, 2.05) is 78.9 Å². The number of nitriles is 1. The molecule has 0 radical (unpaired) electrons. The lowest BCUT2D eigenvalue weighted by Gasteiger charge is -2.22. The summed E-state index contributed by atoms with van der Waals surface area (Å²) < 4.78 is 2.18. The van der Waals surface area contributed by atoms with Crippen LogP contribution < -0.4 is 10.6 Å². The predicted octanol–water partition coefficient (Wildman–Crippen LogP) is 10.7. The molecule has 0 atom stereocenters. The Morgan fingerprint density at radius 3 is 1.55 bits per heavy atom. The van der Waals surface area contributed by atoms with Gasteiger partial charge in [0, 0.05) is 45.7 Å². The van der Waals surface area contributed by atoms with Gasteiger partial charge in [-0.05, 0) is 35.4 Å². The summed E-state index contributed by atoms with van der Waals surface area (Å²) in [4.78, 5) is 19.1. The van der Waals surface area contributed by atoms with Crippen LogP contribution in [0.1, 0.15) is 5.82 Å². The predicted molar refractivity (Wildman–Crippen MR) is 212 cm³/mol. The summed E-state index contributed by atoms with van der Waals surface area (Å²) in [5.74, 6) is 1.64. The molecule has 9 aromatic rings. The molecule has 0 spiro atoms. The van der Waals surface area contributed by atoms with Crippen molar-refractivity contribution >= 4 is 44.7 Å². The van der Waals surface area contributed by atoms with Gasteiger partial charge < -0.3 is 10.6 Å². The Balaban J connectivity index is 1.35. The maximum absolute atomic E-state index is 9.45. The zero-order valence-electron chi connectivity index (χ0n) is 28.3. The van der Waals surface area contributed by atoms with Gasteiger partial charge in [0.25, 0.3) is 0 Å². The fourth-order valence-corrected chi connectivity index (χ4v) is 6.78. The highest BCUT2D eigenvalue weighted by atomic mass is 15.2. The molecule has 3 heterocycles. The highest BCUT2D eigenvalue weighted by molar-refractivity contribution is 6.10. The van der Waals surface area contributed by atoms with Crippen LogP contribution in [0.2, 0.25) is 0 Å². The Labute approximate surface area is 305 Å². The highest BCUT2D eigenvalue weighted by Crippen LogP contribution is 2.42. The van der Waals surface area contributed by atoms with Crippen molar-refractivity contribution in [2.75, 3.05) is 10.6 Å². The number of fused-ring (bicyclic) bond motifs is 3. The normalized spacial score (nSPS) is 11.0. The van der Waals surface area contributed by atoms with Crippen molar-refractivity contribution < 1.29 is 0 Å². The zero-order chi connectivity index (χ0) is 35.6. The second-order valence-corrected chi connectivity index (χ2v) is 12.4. The van der Waals surface area contributed by atoms with E-state index in [1.165, 1.54) is 0 Å². The molecule has 0 fully saturated rings. The van der Waals surface area contributed by atoms with Gasteiger partial charge in [-0.3, -0.25) is 4.57 Å². The van der Waals surface area contributed by atoms with Crippen LogP contribution in [-0.4, -0.2) is 24.5 Å². The lowest BCUT2D eigenvalue weighted by Crippen LogP contribution is -2.11. The van der Waals surface area contributed by atoms with Crippen molar-refractivity contribution in [2.45, 2.75) is 0 Å². The van der Waals surface area contributed by atoms with Crippen LogP contribution in [0.15, 0.2) is 170 Å². The lowest BCUT2D eigenvalue weighted by molar-refractivity contribution is 1.04.